The van der Waals surface area contributed by atoms with E-state index in [1.165, 1.54) is 12.1 Å². The Labute approximate surface area is 132 Å². The highest BCUT2D eigenvalue weighted by atomic mass is 19.1. The van der Waals surface area contributed by atoms with E-state index in [0.717, 1.165) is 25.1 Å². The van der Waals surface area contributed by atoms with Gasteiger partial charge in [-0.3, -0.25) is 9.69 Å². The molecule has 4 nitrogen and oxygen atoms in total. The second kappa shape index (κ2) is 6.75. The fourth-order valence-corrected chi connectivity index (χ4v) is 2.91. The van der Waals surface area contributed by atoms with Gasteiger partial charge in [-0.25, -0.2) is 4.39 Å². The highest BCUT2D eigenvalue weighted by Crippen LogP contribution is 2.28. The van der Waals surface area contributed by atoms with Crippen LogP contribution in [-0.2, 0) is 4.79 Å². The van der Waals surface area contributed by atoms with Crippen molar-refractivity contribution in [1.29, 1.82) is 0 Å². The van der Waals surface area contributed by atoms with E-state index in [1.54, 1.807) is 24.1 Å². The fraction of sp³-hybridized carbons (Fsp3) is 0.588. The normalized spacial score (nSPS) is 23.5. The number of nitrogens with zero attached hydrogens (tertiary/aromatic N) is 2. The summed E-state index contributed by atoms with van der Waals surface area (Å²) in [6.45, 7) is 6.98. The average Bonchev–Trinajstić information content (AvgIpc) is 2.88. The number of carbonyl (C=O) groups excluding carboxylic acids is 1. The summed E-state index contributed by atoms with van der Waals surface area (Å²) in [5.74, 6) is -0.179. The molecule has 1 aliphatic heterocycles. The van der Waals surface area contributed by atoms with E-state index in [1.807, 2.05) is 6.92 Å². The van der Waals surface area contributed by atoms with E-state index < -0.39 is 0 Å². The maximum atomic E-state index is 13.0. The molecule has 5 heteroatoms. The minimum atomic E-state index is -0.261. The van der Waals surface area contributed by atoms with Gasteiger partial charge in [0.25, 0.3) is 0 Å². The van der Waals surface area contributed by atoms with Crippen LogP contribution in [-0.4, -0.2) is 48.9 Å². The Morgan fingerprint density at radius 1 is 1.45 bits per heavy atom. The molecule has 1 saturated heterocycles. The molecule has 0 spiro atoms. The summed E-state index contributed by atoms with van der Waals surface area (Å²) in [5.41, 5.74) is 6.87. The molecular formula is C17H26FN3O. The Morgan fingerprint density at radius 3 is 2.64 bits per heavy atom. The molecule has 1 aromatic carbocycles. The molecule has 2 N–H and O–H groups in total. The van der Waals surface area contributed by atoms with Crippen molar-refractivity contribution in [3.63, 3.8) is 0 Å². The maximum absolute atomic E-state index is 13.0. The largest absolute Gasteiger partial charge is 0.338 e. The second-order valence-electron chi connectivity index (χ2n) is 6.71. The highest BCUT2D eigenvalue weighted by Gasteiger charge is 2.33. The molecule has 122 valence electrons. The standard InChI is InChI=1S/C17H26FN3O/c1-13(14-4-6-15(18)7-5-14)20(3)16(22)10-21-9-8-17(2,11-19)12-21/h4-7,13H,8-12,19H2,1-3H3. The van der Waals surface area contributed by atoms with Crippen LogP contribution in [0.1, 0.15) is 31.9 Å². The maximum Gasteiger partial charge on any atom is 0.236 e. The topological polar surface area (TPSA) is 49.6 Å². The van der Waals surface area contributed by atoms with Gasteiger partial charge >= 0.3 is 0 Å². The number of hydrogen-bond acceptors (Lipinski definition) is 3. The molecule has 1 aliphatic rings. The van der Waals surface area contributed by atoms with Crippen molar-refractivity contribution in [2.24, 2.45) is 11.1 Å². The van der Waals surface area contributed by atoms with E-state index in [-0.39, 0.29) is 23.2 Å². The first-order valence-electron chi connectivity index (χ1n) is 7.78. The number of benzene rings is 1. The summed E-state index contributed by atoms with van der Waals surface area (Å²) in [6.07, 6.45) is 1.04. The van der Waals surface area contributed by atoms with E-state index in [4.69, 9.17) is 5.73 Å². The molecule has 0 aliphatic carbocycles. The van der Waals surface area contributed by atoms with Gasteiger partial charge in [-0.15, -0.1) is 0 Å². The molecule has 1 heterocycles. The first-order valence-corrected chi connectivity index (χ1v) is 7.78. The van der Waals surface area contributed by atoms with Gasteiger partial charge in [0.1, 0.15) is 5.82 Å². The van der Waals surface area contributed by atoms with Crippen molar-refractivity contribution in [2.75, 3.05) is 33.2 Å². The first kappa shape index (κ1) is 16.9. The SMILES string of the molecule is CC(c1ccc(F)cc1)N(C)C(=O)CN1CCC(C)(CN)C1. The summed E-state index contributed by atoms with van der Waals surface area (Å²) in [7, 11) is 1.80. The Balaban J connectivity index is 1.93. The molecule has 0 aromatic heterocycles. The van der Waals surface area contributed by atoms with E-state index in [2.05, 4.69) is 11.8 Å². The third kappa shape index (κ3) is 3.84. The molecule has 0 saturated carbocycles. The zero-order valence-electron chi connectivity index (χ0n) is 13.7. The Morgan fingerprint density at radius 2 is 2.09 bits per heavy atom. The molecule has 1 fully saturated rings. The van der Waals surface area contributed by atoms with Crippen LogP contribution < -0.4 is 5.73 Å². The number of likely N-dealkylation sites (N-methyl/N-ethyl adjacent to an activating group) is 1. The molecule has 2 unspecified atom stereocenters. The van der Waals surface area contributed by atoms with Gasteiger partial charge in [-0.05, 0) is 49.5 Å². The number of carbonyl (C=O) groups is 1. The van der Waals surface area contributed by atoms with Crippen LogP contribution in [0.5, 0.6) is 0 Å². The lowest BCUT2D eigenvalue weighted by atomic mass is 9.90. The van der Waals surface area contributed by atoms with Gasteiger partial charge in [0.05, 0.1) is 12.6 Å². The van der Waals surface area contributed by atoms with Crippen molar-refractivity contribution in [3.05, 3.63) is 35.6 Å². The second-order valence-corrected chi connectivity index (χ2v) is 6.71. The summed E-state index contributed by atoms with van der Waals surface area (Å²) in [6, 6.07) is 6.24. The molecule has 1 aromatic rings. The number of nitrogens with two attached hydrogens (primary N) is 1. The quantitative estimate of drug-likeness (QED) is 0.905. The number of amides is 1. The van der Waals surface area contributed by atoms with Gasteiger partial charge in [0.15, 0.2) is 0 Å². The molecule has 0 bridgehead atoms. The van der Waals surface area contributed by atoms with Crippen LogP contribution in [0.4, 0.5) is 4.39 Å². The van der Waals surface area contributed by atoms with Crippen LogP contribution in [0.3, 0.4) is 0 Å². The van der Waals surface area contributed by atoms with Crippen molar-refractivity contribution in [3.8, 4) is 0 Å². The van der Waals surface area contributed by atoms with E-state index >= 15 is 0 Å². The Kier molecular flexibility index (Phi) is 5.19. The molecule has 1 amide bonds. The minimum absolute atomic E-state index is 0.0726. The zero-order valence-corrected chi connectivity index (χ0v) is 13.7. The third-order valence-corrected chi connectivity index (χ3v) is 4.82. The number of rotatable bonds is 5. The van der Waals surface area contributed by atoms with Gasteiger partial charge in [-0.1, -0.05) is 19.1 Å². The summed E-state index contributed by atoms with van der Waals surface area (Å²) >= 11 is 0. The average molecular weight is 307 g/mol. The van der Waals surface area contributed by atoms with Crippen molar-refractivity contribution < 1.29 is 9.18 Å². The zero-order chi connectivity index (χ0) is 16.3. The third-order valence-electron chi connectivity index (χ3n) is 4.82. The lowest BCUT2D eigenvalue weighted by Gasteiger charge is -2.28. The summed E-state index contributed by atoms with van der Waals surface area (Å²) < 4.78 is 13.0. The monoisotopic (exact) mass is 307 g/mol. The number of likely N-dealkylation sites (tertiary alicyclic amines) is 1. The smallest absolute Gasteiger partial charge is 0.236 e. The molecule has 22 heavy (non-hydrogen) atoms. The molecular weight excluding hydrogens is 281 g/mol. The number of hydrogen-bond donors (Lipinski definition) is 1. The predicted molar refractivity (Wildman–Crippen MR) is 85.8 cm³/mol. The highest BCUT2D eigenvalue weighted by molar-refractivity contribution is 5.78. The number of halogens is 1. The first-order chi connectivity index (χ1) is 10.3. The van der Waals surface area contributed by atoms with Gasteiger partial charge in [-0.2, -0.15) is 0 Å². The van der Waals surface area contributed by atoms with Gasteiger partial charge in [0.2, 0.25) is 5.91 Å². The van der Waals surface area contributed by atoms with Crippen molar-refractivity contribution in [1.82, 2.24) is 9.80 Å². The molecule has 2 atom stereocenters. The van der Waals surface area contributed by atoms with Crippen molar-refractivity contribution >= 4 is 5.91 Å². The van der Waals surface area contributed by atoms with E-state index in [0.29, 0.717) is 13.1 Å². The minimum Gasteiger partial charge on any atom is -0.338 e. The Bertz CT molecular complexity index is 519. The van der Waals surface area contributed by atoms with Crippen LogP contribution in [0.15, 0.2) is 24.3 Å². The lowest BCUT2D eigenvalue weighted by Crippen LogP contribution is -2.40. The van der Waals surface area contributed by atoms with Gasteiger partial charge in [0, 0.05) is 13.6 Å². The van der Waals surface area contributed by atoms with Crippen LogP contribution in [0.25, 0.3) is 0 Å². The van der Waals surface area contributed by atoms with Crippen molar-refractivity contribution in [2.45, 2.75) is 26.3 Å². The van der Waals surface area contributed by atoms with Crippen LogP contribution in [0, 0.1) is 11.2 Å². The lowest BCUT2D eigenvalue weighted by molar-refractivity contribution is -0.132. The van der Waals surface area contributed by atoms with E-state index in [9.17, 15) is 9.18 Å². The Hall–Kier alpha value is -1.46. The van der Waals surface area contributed by atoms with Crippen LogP contribution in [0.2, 0.25) is 0 Å². The summed E-state index contributed by atoms with van der Waals surface area (Å²) in [4.78, 5) is 16.4. The molecule has 2 rings (SSSR count). The summed E-state index contributed by atoms with van der Waals surface area (Å²) in [5, 5.41) is 0. The fourth-order valence-electron chi connectivity index (χ4n) is 2.91. The van der Waals surface area contributed by atoms with Gasteiger partial charge < -0.3 is 10.6 Å². The molecule has 0 radical (unpaired) electrons. The predicted octanol–water partition coefficient (Wildman–Crippen LogP) is 2.02. The van der Waals surface area contributed by atoms with Crippen LogP contribution >= 0.6 is 0 Å².